The van der Waals surface area contributed by atoms with Crippen LogP contribution in [0.2, 0.25) is 0 Å². The predicted molar refractivity (Wildman–Crippen MR) is 118 cm³/mol. The fourth-order valence-corrected chi connectivity index (χ4v) is 3.92. The number of hydrogen-bond acceptors (Lipinski definition) is 5. The van der Waals surface area contributed by atoms with Crippen molar-refractivity contribution in [2.45, 2.75) is 44.9 Å². The van der Waals surface area contributed by atoms with Gasteiger partial charge in [0.25, 0.3) is 0 Å². The molecule has 2 bridgehead atoms. The summed E-state index contributed by atoms with van der Waals surface area (Å²) in [6, 6.07) is 5.91. The highest BCUT2D eigenvalue weighted by atomic mass is 16.5. The Morgan fingerprint density at radius 3 is 2.58 bits per heavy atom. The molecular formula is C23H32N4O4. The third-order valence-electron chi connectivity index (χ3n) is 5.85. The van der Waals surface area contributed by atoms with Gasteiger partial charge in [-0.1, -0.05) is 32.4 Å². The van der Waals surface area contributed by atoms with E-state index in [0.29, 0.717) is 18.7 Å². The lowest BCUT2D eigenvalue weighted by Crippen LogP contribution is -2.58. The number of ether oxygens (including phenoxy) is 1. The van der Waals surface area contributed by atoms with Gasteiger partial charge in [0.2, 0.25) is 17.7 Å². The number of amides is 3. The van der Waals surface area contributed by atoms with Crippen LogP contribution >= 0.6 is 0 Å². The van der Waals surface area contributed by atoms with Crippen LogP contribution in [0.25, 0.3) is 6.08 Å². The maximum absolute atomic E-state index is 13.4. The highest BCUT2D eigenvalue weighted by Gasteiger charge is 2.44. The molecule has 1 aromatic rings. The van der Waals surface area contributed by atoms with Crippen LogP contribution in [-0.2, 0) is 14.4 Å². The summed E-state index contributed by atoms with van der Waals surface area (Å²) in [5.41, 5.74) is 0.916. The van der Waals surface area contributed by atoms with Crippen molar-refractivity contribution in [3.05, 3.63) is 36.0 Å². The zero-order chi connectivity index (χ0) is 22.5. The second-order valence-electron chi connectivity index (χ2n) is 8.50. The molecule has 3 aliphatic rings. The number of fused-ring (bicyclic) bond motifs is 7. The number of nitrogens with one attached hydrogen (secondary N) is 2. The minimum atomic E-state index is -0.801. The number of carbonyl (C=O) groups excluding carboxylic acids is 3. The molecule has 8 nitrogen and oxygen atoms in total. The minimum Gasteiger partial charge on any atom is -0.488 e. The molecule has 0 saturated carbocycles. The van der Waals surface area contributed by atoms with E-state index in [1.807, 2.05) is 52.2 Å². The van der Waals surface area contributed by atoms with E-state index < -0.39 is 18.2 Å². The van der Waals surface area contributed by atoms with Crippen LogP contribution in [0.1, 0.15) is 32.3 Å². The fraction of sp³-hybridized carbons (Fsp3) is 0.522. The maximum Gasteiger partial charge on any atom is 0.247 e. The third kappa shape index (κ3) is 5.44. The lowest BCUT2D eigenvalue weighted by molar-refractivity contribution is -0.142. The Balaban J connectivity index is 1.96. The Morgan fingerprint density at radius 1 is 1.23 bits per heavy atom. The van der Waals surface area contributed by atoms with Gasteiger partial charge in [0.15, 0.2) is 0 Å². The Kier molecular flexibility index (Phi) is 7.33. The topological polar surface area (TPSA) is 91.0 Å². The van der Waals surface area contributed by atoms with Crippen LogP contribution in [0.3, 0.4) is 0 Å². The van der Waals surface area contributed by atoms with Gasteiger partial charge in [-0.05, 0) is 43.8 Å². The van der Waals surface area contributed by atoms with Crippen LogP contribution in [0.5, 0.6) is 5.75 Å². The summed E-state index contributed by atoms with van der Waals surface area (Å²) in [5.74, 6) is -0.223. The van der Waals surface area contributed by atoms with Crippen LogP contribution < -0.4 is 15.4 Å². The van der Waals surface area contributed by atoms with Crippen LogP contribution in [0.15, 0.2) is 30.5 Å². The number of hydrogen-bond donors (Lipinski definition) is 2. The highest BCUT2D eigenvalue weighted by molar-refractivity contribution is 5.93. The van der Waals surface area contributed by atoms with E-state index in [1.165, 1.54) is 0 Å². The zero-order valence-electron chi connectivity index (χ0n) is 18.6. The average Bonchev–Trinajstić information content (AvgIpc) is 3.15. The summed E-state index contributed by atoms with van der Waals surface area (Å²) >= 11 is 0. The first-order valence-electron chi connectivity index (χ1n) is 10.8. The van der Waals surface area contributed by atoms with Gasteiger partial charge in [0, 0.05) is 19.2 Å². The van der Waals surface area contributed by atoms with Gasteiger partial charge in [-0.25, -0.2) is 0 Å². The molecular weight excluding hydrogens is 396 g/mol. The molecule has 31 heavy (non-hydrogen) atoms. The van der Waals surface area contributed by atoms with E-state index >= 15 is 0 Å². The molecule has 0 radical (unpaired) electrons. The van der Waals surface area contributed by atoms with E-state index in [0.717, 1.165) is 12.0 Å². The van der Waals surface area contributed by atoms with E-state index in [1.54, 1.807) is 22.1 Å². The van der Waals surface area contributed by atoms with Crippen molar-refractivity contribution in [1.82, 2.24) is 20.4 Å². The number of nitrogens with zero attached hydrogens (tertiary/aromatic N) is 2. The minimum absolute atomic E-state index is 0.0739. The van der Waals surface area contributed by atoms with E-state index in [4.69, 9.17) is 4.74 Å². The summed E-state index contributed by atoms with van der Waals surface area (Å²) < 4.78 is 6.15. The molecule has 1 fully saturated rings. The Morgan fingerprint density at radius 2 is 1.94 bits per heavy atom. The molecule has 3 aliphatic heterocycles. The number of likely N-dealkylation sites (tertiary alicyclic amines) is 1. The van der Waals surface area contributed by atoms with E-state index in [9.17, 15) is 14.4 Å². The second kappa shape index (κ2) is 9.96. The molecule has 0 spiro atoms. The molecule has 4 atom stereocenters. The normalized spacial score (nSPS) is 25.8. The summed E-state index contributed by atoms with van der Waals surface area (Å²) in [5, 5.41) is 5.68. The molecule has 1 aromatic carbocycles. The molecule has 1 saturated heterocycles. The maximum atomic E-state index is 13.4. The number of carbonyl (C=O) groups is 3. The summed E-state index contributed by atoms with van der Waals surface area (Å²) in [6.07, 6.45) is 4.14. The Hall–Kier alpha value is -2.87. The van der Waals surface area contributed by atoms with Crippen molar-refractivity contribution in [1.29, 1.82) is 0 Å². The van der Waals surface area contributed by atoms with Crippen molar-refractivity contribution in [3.8, 4) is 5.75 Å². The molecule has 0 aromatic heterocycles. The van der Waals surface area contributed by atoms with Crippen LogP contribution in [0.4, 0.5) is 0 Å². The standard InChI is InChI=1S/C23H32N4O4/c1-5-15(2)20-22(29)24-12-10-16-6-8-17(9-7-16)31-18-11-13-27(19(28)14-26(3)4)21(18)23(30)25-20/h6-10,12,15,18,20-21H,5,11,13-14H2,1-4H3,(H,24,29)(H,25,30)/b12-10-/t15?,18-,20-,21-/m0/s1. The lowest BCUT2D eigenvalue weighted by Gasteiger charge is -2.31. The first-order valence-corrected chi connectivity index (χ1v) is 10.8. The summed E-state index contributed by atoms with van der Waals surface area (Å²) in [7, 11) is 3.63. The predicted octanol–water partition coefficient (Wildman–Crippen LogP) is 1.23. The molecule has 3 amide bonds. The smallest absolute Gasteiger partial charge is 0.247 e. The van der Waals surface area contributed by atoms with Gasteiger partial charge in [-0.15, -0.1) is 0 Å². The van der Waals surface area contributed by atoms with Gasteiger partial charge in [0.1, 0.15) is 23.9 Å². The number of likely N-dealkylation sites (N-methyl/N-ethyl adjacent to an activating group) is 1. The summed E-state index contributed by atoms with van der Waals surface area (Å²) in [6.45, 7) is 4.52. The lowest BCUT2D eigenvalue weighted by atomic mass is 9.97. The molecule has 3 heterocycles. The van der Waals surface area contributed by atoms with E-state index in [-0.39, 0.29) is 30.2 Å². The third-order valence-corrected chi connectivity index (χ3v) is 5.85. The molecule has 8 heteroatoms. The highest BCUT2D eigenvalue weighted by Crippen LogP contribution is 2.26. The second-order valence-corrected chi connectivity index (χ2v) is 8.50. The van der Waals surface area contributed by atoms with Crippen molar-refractivity contribution in [2.24, 2.45) is 5.92 Å². The first-order chi connectivity index (χ1) is 14.8. The monoisotopic (exact) mass is 428 g/mol. The van der Waals surface area contributed by atoms with Gasteiger partial charge in [0.05, 0.1) is 6.54 Å². The van der Waals surface area contributed by atoms with Crippen molar-refractivity contribution in [2.75, 3.05) is 27.2 Å². The first kappa shape index (κ1) is 22.8. The Labute approximate surface area is 183 Å². The van der Waals surface area contributed by atoms with Gasteiger partial charge in [-0.3, -0.25) is 14.4 Å². The largest absolute Gasteiger partial charge is 0.488 e. The fourth-order valence-electron chi connectivity index (χ4n) is 3.92. The van der Waals surface area contributed by atoms with E-state index in [2.05, 4.69) is 10.6 Å². The van der Waals surface area contributed by atoms with Gasteiger partial charge in [-0.2, -0.15) is 0 Å². The van der Waals surface area contributed by atoms with Crippen LogP contribution in [-0.4, -0.2) is 72.9 Å². The Bertz CT molecular complexity index is 836. The SMILES string of the molecule is CCC(C)[C@@H]1NC(=O)[C@@H]2[C@H](CCN2C(=O)CN(C)C)Oc2ccc(cc2)/C=C\NC1=O. The molecule has 4 rings (SSSR count). The molecule has 0 aliphatic carbocycles. The molecule has 168 valence electrons. The van der Waals surface area contributed by atoms with Gasteiger partial charge >= 0.3 is 0 Å². The molecule has 2 N–H and O–H groups in total. The number of benzene rings is 1. The van der Waals surface area contributed by atoms with Crippen molar-refractivity contribution in [3.63, 3.8) is 0 Å². The molecule has 1 unspecified atom stereocenters. The van der Waals surface area contributed by atoms with Crippen molar-refractivity contribution < 1.29 is 19.1 Å². The van der Waals surface area contributed by atoms with Gasteiger partial charge < -0.3 is 25.2 Å². The zero-order valence-corrected chi connectivity index (χ0v) is 18.6. The average molecular weight is 429 g/mol. The quantitative estimate of drug-likeness (QED) is 0.753. The summed E-state index contributed by atoms with van der Waals surface area (Å²) in [4.78, 5) is 42.4. The number of rotatable bonds is 4. The van der Waals surface area contributed by atoms with Crippen LogP contribution in [0, 0.1) is 5.92 Å². The van der Waals surface area contributed by atoms with Crippen molar-refractivity contribution >= 4 is 23.8 Å².